The third kappa shape index (κ3) is 4.36. The molecule has 3 aliphatic rings. The molecule has 2 heterocycles. The number of fused-ring (bicyclic) bond motifs is 4. The summed E-state index contributed by atoms with van der Waals surface area (Å²) in [5.41, 5.74) is 2.58. The van der Waals surface area contributed by atoms with Gasteiger partial charge in [0, 0.05) is 42.1 Å². The Morgan fingerprint density at radius 1 is 1.13 bits per heavy atom. The normalized spacial score (nSPS) is 24.1. The summed E-state index contributed by atoms with van der Waals surface area (Å²) in [6.45, 7) is 5.87. The number of carbonyl (C=O) groups excluding carboxylic acids is 1. The number of alkyl halides is 3. The highest BCUT2D eigenvalue weighted by atomic mass is 19.4. The van der Waals surface area contributed by atoms with Crippen LogP contribution in [0.2, 0.25) is 0 Å². The van der Waals surface area contributed by atoms with Gasteiger partial charge in [-0.05, 0) is 77.1 Å². The number of hydrogen-bond donors (Lipinski definition) is 0. The highest BCUT2D eigenvalue weighted by molar-refractivity contribution is 5.79. The number of nitrogens with zero attached hydrogens (tertiary/aromatic N) is 2. The molecule has 1 saturated carbocycles. The molecule has 3 aliphatic carbocycles. The molecule has 0 radical (unpaired) electrons. The minimum atomic E-state index is -4.54. The number of benzene rings is 1. The fourth-order valence-electron chi connectivity index (χ4n) is 6.63. The number of esters is 1. The average Bonchev–Trinajstić information content (AvgIpc) is 3.37. The topological polar surface area (TPSA) is 61.3 Å². The van der Waals surface area contributed by atoms with Gasteiger partial charge in [0.1, 0.15) is 12.4 Å². The third-order valence-electron chi connectivity index (χ3n) is 8.49. The number of pyridine rings is 2. The summed E-state index contributed by atoms with van der Waals surface area (Å²) in [6, 6.07) is 6.30. The van der Waals surface area contributed by atoms with Crippen molar-refractivity contribution in [1.82, 2.24) is 9.97 Å². The fourth-order valence-corrected chi connectivity index (χ4v) is 6.63. The summed E-state index contributed by atoms with van der Waals surface area (Å²) in [7, 11) is 0. The van der Waals surface area contributed by atoms with Gasteiger partial charge < -0.3 is 9.47 Å². The van der Waals surface area contributed by atoms with Gasteiger partial charge in [-0.1, -0.05) is 13.8 Å². The predicted octanol–water partition coefficient (Wildman–Crippen LogP) is 6.48. The molecule has 0 N–H and O–H groups in total. The SMILES string of the molecule is CCOC(=O)[C@H]1[C@@H]2Cc3cc(OCc4cc5c(cc4F)C(C)(C)CC5c4ccncc4C(F)(F)F)ncc3[C@@H]21. The molecule has 2 aromatic heterocycles. The van der Waals surface area contributed by atoms with Crippen LogP contribution >= 0.6 is 0 Å². The van der Waals surface area contributed by atoms with Crippen LogP contribution in [0.3, 0.4) is 0 Å². The van der Waals surface area contributed by atoms with E-state index in [1.165, 1.54) is 18.3 Å². The molecule has 204 valence electrons. The van der Waals surface area contributed by atoms with E-state index in [0.717, 1.165) is 23.7 Å². The summed E-state index contributed by atoms with van der Waals surface area (Å²) >= 11 is 0. The number of carbonyl (C=O) groups is 1. The first kappa shape index (κ1) is 25.8. The van der Waals surface area contributed by atoms with Gasteiger partial charge in [0.15, 0.2) is 0 Å². The summed E-state index contributed by atoms with van der Waals surface area (Å²) in [6.07, 6.45) is 0.543. The zero-order valence-electron chi connectivity index (χ0n) is 21.8. The lowest BCUT2D eigenvalue weighted by Gasteiger charge is -2.21. The molecular formula is C30H28F4N2O3. The number of aromatic nitrogens is 2. The first-order valence-electron chi connectivity index (χ1n) is 13.1. The van der Waals surface area contributed by atoms with Crippen molar-refractivity contribution in [2.24, 2.45) is 11.8 Å². The number of ether oxygens (including phenoxy) is 2. The molecule has 3 aromatic rings. The molecule has 0 bridgehead atoms. The van der Waals surface area contributed by atoms with Crippen LogP contribution in [0.15, 0.2) is 42.9 Å². The van der Waals surface area contributed by atoms with Gasteiger partial charge in [0.2, 0.25) is 5.88 Å². The van der Waals surface area contributed by atoms with Crippen LogP contribution in [0, 0.1) is 17.7 Å². The Morgan fingerprint density at radius 2 is 1.92 bits per heavy atom. The summed E-state index contributed by atoms with van der Waals surface area (Å²) in [5.74, 6) is -0.597. The molecule has 9 heteroatoms. The fraction of sp³-hybridized carbons (Fsp3) is 0.433. The molecule has 4 atom stereocenters. The van der Waals surface area contributed by atoms with Crippen molar-refractivity contribution in [3.8, 4) is 5.88 Å². The molecule has 1 aromatic carbocycles. The summed E-state index contributed by atoms with van der Waals surface area (Å²) in [5, 5.41) is 0. The van der Waals surface area contributed by atoms with Crippen LogP contribution in [-0.4, -0.2) is 22.5 Å². The molecular weight excluding hydrogens is 512 g/mol. The van der Waals surface area contributed by atoms with Crippen LogP contribution in [0.5, 0.6) is 5.88 Å². The minimum absolute atomic E-state index is 0.109. The lowest BCUT2D eigenvalue weighted by atomic mass is 9.84. The lowest BCUT2D eigenvalue weighted by Crippen LogP contribution is -2.15. The van der Waals surface area contributed by atoms with E-state index < -0.39 is 28.9 Å². The monoisotopic (exact) mass is 540 g/mol. The van der Waals surface area contributed by atoms with E-state index >= 15 is 4.39 Å². The number of halogens is 4. The summed E-state index contributed by atoms with van der Waals surface area (Å²) < 4.78 is 67.6. The first-order valence-corrected chi connectivity index (χ1v) is 13.1. The van der Waals surface area contributed by atoms with Crippen molar-refractivity contribution in [2.75, 3.05) is 6.61 Å². The van der Waals surface area contributed by atoms with Crippen molar-refractivity contribution >= 4 is 5.97 Å². The zero-order chi connectivity index (χ0) is 27.7. The molecule has 0 spiro atoms. The van der Waals surface area contributed by atoms with E-state index in [1.54, 1.807) is 19.2 Å². The van der Waals surface area contributed by atoms with Gasteiger partial charge in [-0.2, -0.15) is 13.2 Å². The molecule has 1 fully saturated rings. The molecule has 39 heavy (non-hydrogen) atoms. The van der Waals surface area contributed by atoms with Crippen LogP contribution in [0.25, 0.3) is 0 Å². The molecule has 0 aliphatic heterocycles. The van der Waals surface area contributed by atoms with Crippen molar-refractivity contribution in [1.29, 1.82) is 0 Å². The Balaban J connectivity index is 1.24. The Morgan fingerprint density at radius 3 is 2.67 bits per heavy atom. The van der Waals surface area contributed by atoms with E-state index in [-0.39, 0.29) is 41.5 Å². The Labute approximate surface area is 223 Å². The van der Waals surface area contributed by atoms with Crippen molar-refractivity contribution in [3.63, 3.8) is 0 Å². The van der Waals surface area contributed by atoms with E-state index in [1.807, 2.05) is 19.9 Å². The molecule has 5 nitrogen and oxygen atoms in total. The second-order valence-corrected chi connectivity index (χ2v) is 11.3. The largest absolute Gasteiger partial charge is 0.473 e. The molecule has 0 amide bonds. The standard InChI is InChI=1S/C30H28F4N2O3/c1-4-38-28(37)27-19-7-15-9-25(36-12-21(15)26(19)27)39-14-16-8-18-20(11-29(2,3)22(18)10-24(16)31)17-5-6-35-13-23(17)30(32,33)34/h5-6,8-10,12-13,19-20,26-27H,4,7,11,14H2,1-3H3/t19-,20?,26-,27+/m1/s1. The van der Waals surface area contributed by atoms with E-state index in [4.69, 9.17) is 9.47 Å². The molecule has 1 unspecified atom stereocenters. The smallest absolute Gasteiger partial charge is 0.418 e. The quantitative estimate of drug-likeness (QED) is 0.265. The molecule has 0 saturated heterocycles. The summed E-state index contributed by atoms with van der Waals surface area (Å²) in [4.78, 5) is 20.2. The third-order valence-corrected chi connectivity index (χ3v) is 8.49. The maximum Gasteiger partial charge on any atom is 0.418 e. The van der Waals surface area contributed by atoms with Crippen LogP contribution in [-0.2, 0) is 34.2 Å². The van der Waals surface area contributed by atoms with Gasteiger partial charge in [-0.25, -0.2) is 9.37 Å². The van der Waals surface area contributed by atoms with E-state index in [9.17, 15) is 18.0 Å². The van der Waals surface area contributed by atoms with Crippen molar-refractivity contribution < 1.29 is 31.8 Å². The van der Waals surface area contributed by atoms with Crippen LogP contribution < -0.4 is 4.74 Å². The maximum atomic E-state index is 15.2. The Hall–Kier alpha value is -3.49. The van der Waals surface area contributed by atoms with Gasteiger partial charge in [0.05, 0.1) is 18.1 Å². The zero-order valence-corrected chi connectivity index (χ0v) is 21.8. The highest BCUT2D eigenvalue weighted by Crippen LogP contribution is 2.62. The van der Waals surface area contributed by atoms with Gasteiger partial charge in [-0.3, -0.25) is 9.78 Å². The van der Waals surface area contributed by atoms with Gasteiger partial charge in [-0.15, -0.1) is 0 Å². The lowest BCUT2D eigenvalue weighted by molar-refractivity contribution is -0.145. The van der Waals surface area contributed by atoms with Gasteiger partial charge in [0.25, 0.3) is 0 Å². The minimum Gasteiger partial charge on any atom is -0.473 e. The van der Waals surface area contributed by atoms with Crippen molar-refractivity contribution in [3.05, 3.63) is 87.6 Å². The second kappa shape index (κ2) is 9.03. The number of hydrogen-bond acceptors (Lipinski definition) is 5. The first-order chi connectivity index (χ1) is 18.5. The Kier molecular flexibility index (Phi) is 5.97. The second-order valence-electron chi connectivity index (χ2n) is 11.3. The highest BCUT2D eigenvalue weighted by Gasteiger charge is 2.60. The Bertz CT molecular complexity index is 1470. The maximum absolute atomic E-state index is 15.2. The van der Waals surface area contributed by atoms with Crippen LogP contribution in [0.1, 0.15) is 78.0 Å². The van der Waals surface area contributed by atoms with E-state index in [0.29, 0.717) is 30.0 Å². The molecule has 6 rings (SSSR count). The number of rotatable bonds is 6. The van der Waals surface area contributed by atoms with Crippen molar-refractivity contribution in [2.45, 2.75) is 63.6 Å². The van der Waals surface area contributed by atoms with Gasteiger partial charge >= 0.3 is 12.1 Å². The average molecular weight is 541 g/mol. The van der Waals surface area contributed by atoms with Crippen LogP contribution in [0.4, 0.5) is 17.6 Å². The van der Waals surface area contributed by atoms with E-state index in [2.05, 4.69) is 9.97 Å². The predicted molar refractivity (Wildman–Crippen MR) is 134 cm³/mol.